The molecule has 33 heavy (non-hydrogen) atoms. The van der Waals surface area contributed by atoms with Gasteiger partial charge in [-0.15, -0.1) is 0 Å². The third kappa shape index (κ3) is 5.64. The topological polar surface area (TPSA) is 61.5 Å². The van der Waals surface area contributed by atoms with Crippen LogP contribution in [-0.2, 0) is 6.18 Å². The van der Waals surface area contributed by atoms with Gasteiger partial charge in [0.1, 0.15) is 23.1 Å². The van der Waals surface area contributed by atoms with Crippen LogP contribution in [-0.4, -0.2) is 28.7 Å². The van der Waals surface area contributed by atoms with E-state index in [1.165, 1.54) is 12.1 Å². The highest BCUT2D eigenvalue weighted by molar-refractivity contribution is 7.08. The Morgan fingerprint density at radius 3 is 2.48 bits per heavy atom. The van der Waals surface area contributed by atoms with Crippen molar-refractivity contribution in [3.8, 4) is 28.1 Å². The minimum atomic E-state index is -4.44. The van der Waals surface area contributed by atoms with E-state index in [0.29, 0.717) is 22.0 Å². The molecule has 10 heteroatoms. The van der Waals surface area contributed by atoms with Crippen molar-refractivity contribution in [1.82, 2.24) is 9.27 Å². The number of aromatic nitrogens is 1. The van der Waals surface area contributed by atoms with E-state index < -0.39 is 11.7 Å². The number of ether oxygens (including phenoxy) is 1. The van der Waals surface area contributed by atoms with Gasteiger partial charge < -0.3 is 9.64 Å². The van der Waals surface area contributed by atoms with Crippen molar-refractivity contribution in [3.05, 3.63) is 58.1 Å². The van der Waals surface area contributed by atoms with E-state index in [2.05, 4.69) is 9.37 Å². The number of aryl methyl sites for hydroxylation is 1. The van der Waals surface area contributed by atoms with E-state index in [1.54, 1.807) is 18.5 Å². The second-order valence-electron chi connectivity index (χ2n) is 7.56. The van der Waals surface area contributed by atoms with E-state index in [0.717, 1.165) is 29.2 Å². The van der Waals surface area contributed by atoms with Crippen LogP contribution in [0.3, 0.4) is 0 Å². The summed E-state index contributed by atoms with van der Waals surface area (Å²) in [6.45, 7) is 5.90. The Hall–Kier alpha value is -3.09. The Labute approximate surface area is 198 Å². The summed E-state index contributed by atoms with van der Waals surface area (Å²) in [5.41, 5.74) is 1.32. The molecule has 0 amide bonds. The zero-order valence-corrected chi connectivity index (χ0v) is 19.8. The lowest BCUT2D eigenvalue weighted by Gasteiger charge is -2.17. The van der Waals surface area contributed by atoms with Crippen LogP contribution in [0.4, 0.5) is 18.9 Å². The lowest BCUT2D eigenvalue weighted by atomic mass is 10.1. The number of hydrogen-bond donors (Lipinski definition) is 0. The number of aliphatic imine (C=N–C) groups is 1. The first-order valence-corrected chi connectivity index (χ1v) is 11.0. The van der Waals surface area contributed by atoms with Gasteiger partial charge in [0.25, 0.3) is 0 Å². The lowest BCUT2D eigenvalue weighted by molar-refractivity contribution is -0.137. The van der Waals surface area contributed by atoms with Gasteiger partial charge in [-0.25, -0.2) is 4.99 Å². The van der Waals surface area contributed by atoms with Crippen LogP contribution < -0.4 is 4.74 Å². The molecule has 0 aliphatic carbocycles. The number of nitriles is 1. The largest absolute Gasteiger partial charge is 0.443 e. The molecule has 3 rings (SSSR count). The third-order valence-electron chi connectivity index (χ3n) is 4.90. The van der Waals surface area contributed by atoms with Crippen molar-refractivity contribution in [2.24, 2.45) is 4.99 Å². The highest BCUT2D eigenvalue weighted by atomic mass is 35.5. The summed E-state index contributed by atoms with van der Waals surface area (Å²) in [5.74, 6) is 0.426. The molecule has 0 aliphatic rings. The van der Waals surface area contributed by atoms with Crippen LogP contribution in [0.1, 0.15) is 30.5 Å². The molecule has 0 atom stereocenters. The van der Waals surface area contributed by atoms with Crippen molar-refractivity contribution < 1.29 is 17.9 Å². The van der Waals surface area contributed by atoms with Crippen molar-refractivity contribution in [2.45, 2.75) is 33.0 Å². The van der Waals surface area contributed by atoms with Gasteiger partial charge in [-0.1, -0.05) is 23.7 Å². The molecule has 2 aromatic carbocycles. The van der Waals surface area contributed by atoms with Gasteiger partial charge in [0.2, 0.25) is 5.06 Å². The van der Waals surface area contributed by atoms with Gasteiger partial charge in [-0.2, -0.15) is 22.8 Å². The zero-order valence-electron chi connectivity index (χ0n) is 18.2. The summed E-state index contributed by atoms with van der Waals surface area (Å²) >= 11 is 7.32. The fourth-order valence-electron chi connectivity index (χ4n) is 2.70. The molecule has 0 bridgehead atoms. The van der Waals surface area contributed by atoms with E-state index in [4.69, 9.17) is 16.3 Å². The molecule has 1 aromatic heterocycles. The number of halogens is 4. The van der Waals surface area contributed by atoms with Gasteiger partial charge in [0.05, 0.1) is 22.6 Å². The van der Waals surface area contributed by atoms with Crippen LogP contribution in [0.25, 0.3) is 11.3 Å². The SMILES string of the molecule is Cc1cc(N=CN(C)C(C)C)c(Cl)cc1Oc1snc(-c2ccc(C(F)(F)F)cc2)c1C#N. The normalized spacial score (nSPS) is 11.8. The monoisotopic (exact) mass is 492 g/mol. The average Bonchev–Trinajstić information content (AvgIpc) is 3.16. The van der Waals surface area contributed by atoms with Gasteiger partial charge in [0, 0.05) is 36.3 Å². The fraction of sp³-hybridized carbons (Fsp3) is 0.261. The molecule has 172 valence electrons. The fourth-order valence-corrected chi connectivity index (χ4v) is 3.63. The molecule has 0 radical (unpaired) electrons. The Bertz CT molecular complexity index is 1210. The van der Waals surface area contributed by atoms with Gasteiger partial charge in [-0.05, 0) is 44.5 Å². The number of hydrogen-bond acceptors (Lipinski definition) is 5. The molecule has 3 aromatic rings. The van der Waals surface area contributed by atoms with E-state index in [-0.39, 0.29) is 22.4 Å². The number of alkyl halides is 3. The number of nitrogens with zero attached hydrogens (tertiary/aromatic N) is 4. The standard InChI is InChI=1S/C23H20ClF3N4OS/c1-13(2)31(4)12-29-19-9-14(3)20(10-18(19)24)32-22-17(11-28)21(30-33-22)15-5-7-16(8-6-15)23(25,26)27/h5-10,12-13H,1-4H3. The summed E-state index contributed by atoms with van der Waals surface area (Å²) in [4.78, 5) is 6.35. The minimum absolute atomic E-state index is 0.135. The highest BCUT2D eigenvalue weighted by Crippen LogP contribution is 2.40. The zero-order chi connectivity index (χ0) is 24.3. The Morgan fingerprint density at radius 2 is 1.91 bits per heavy atom. The predicted octanol–water partition coefficient (Wildman–Crippen LogP) is 7.45. The van der Waals surface area contributed by atoms with Crippen LogP contribution in [0.5, 0.6) is 10.8 Å². The van der Waals surface area contributed by atoms with Crippen molar-refractivity contribution >= 4 is 35.2 Å². The summed E-state index contributed by atoms with van der Waals surface area (Å²) < 4.78 is 48.6. The second-order valence-corrected chi connectivity index (χ2v) is 8.70. The molecule has 0 saturated carbocycles. The highest BCUT2D eigenvalue weighted by Gasteiger charge is 2.30. The third-order valence-corrected chi connectivity index (χ3v) is 5.93. The summed E-state index contributed by atoms with van der Waals surface area (Å²) in [7, 11) is 1.91. The summed E-state index contributed by atoms with van der Waals surface area (Å²) in [5, 5.41) is 10.2. The lowest BCUT2D eigenvalue weighted by Crippen LogP contribution is -2.24. The first-order chi connectivity index (χ1) is 15.5. The summed E-state index contributed by atoms with van der Waals surface area (Å²) in [6.07, 6.45) is -2.75. The average molecular weight is 493 g/mol. The number of rotatable bonds is 6. The van der Waals surface area contributed by atoms with Crippen LogP contribution in [0.2, 0.25) is 5.02 Å². The Balaban J connectivity index is 1.88. The van der Waals surface area contributed by atoms with Gasteiger partial charge in [-0.3, -0.25) is 0 Å². The minimum Gasteiger partial charge on any atom is -0.443 e. The molecule has 0 fully saturated rings. The quantitative estimate of drug-likeness (QED) is 0.265. The van der Waals surface area contributed by atoms with Crippen molar-refractivity contribution in [3.63, 3.8) is 0 Å². The van der Waals surface area contributed by atoms with Crippen LogP contribution >= 0.6 is 23.1 Å². The molecule has 1 heterocycles. The molecular formula is C23H20ClF3N4OS. The van der Waals surface area contributed by atoms with Gasteiger partial charge in [0.15, 0.2) is 0 Å². The Morgan fingerprint density at radius 1 is 1.24 bits per heavy atom. The molecule has 0 aliphatic heterocycles. The molecule has 0 unspecified atom stereocenters. The molecule has 5 nitrogen and oxygen atoms in total. The van der Waals surface area contributed by atoms with E-state index >= 15 is 0 Å². The molecular weight excluding hydrogens is 473 g/mol. The van der Waals surface area contributed by atoms with Crippen LogP contribution in [0.15, 0.2) is 41.4 Å². The maximum atomic E-state index is 12.8. The summed E-state index contributed by atoms with van der Waals surface area (Å²) in [6, 6.07) is 10.2. The second kappa shape index (κ2) is 9.81. The van der Waals surface area contributed by atoms with Gasteiger partial charge >= 0.3 is 6.18 Å². The number of benzene rings is 2. The maximum absolute atomic E-state index is 12.8. The Kier molecular flexibility index (Phi) is 7.30. The van der Waals surface area contributed by atoms with Crippen molar-refractivity contribution in [1.29, 1.82) is 5.26 Å². The van der Waals surface area contributed by atoms with E-state index in [1.807, 2.05) is 38.8 Å². The maximum Gasteiger partial charge on any atom is 0.416 e. The molecule has 0 N–H and O–H groups in total. The van der Waals surface area contributed by atoms with Crippen molar-refractivity contribution in [2.75, 3.05) is 7.05 Å². The van der Waals surface area contributed by atoms with Crippen LogP contribution in [0, 0.1) is 18.3 Å². The first-order valence-electron chi connectivity index (χ1n) is 9.82. The first kappa shape index (κ1) is 24.6. The predicted molar refractivity (Wildman–Crippen MR) is 125 cm³/mol. The smallest absolute Gasteiger partial charge is 0.416 e. The van der Waals surface area contributed by atoms with E-state index in [9.17, 15) is 18.4 Å². The molecule has 0 saturated heterocycles. The molecule has 0 spiro atoms.